The molecule has 1 amide bonds. The Hall–Kier alpha value is -3.27. The maximum atomic E-state index is 13.7. The van der Waals surface area contributed by atoms with Crippen molar-refractivity contribution in [1.29, 1.82) is 0 Å². The lowest BCUT2D eigenvalue weighted by Crippen LogP contribution is -2.49. The molecule has 2 bridgehead atoms. The Kier molecular flexibility index (Phi) is 8.20. The number of benzene rings is 2. The molecular formula is C34H40ClFN6O2. The van der Waals surface area contributed by atoms with E-state index >= 15 is 0 Å². The van der Waals surface area contributed by atoms with Crippen molar-refractivity contribution in [1.82, 2.24) is 19.8 Å². The van der Waals surface area contributed by atoms with Crippen LogP contribution in [0.4, 0.5) is 21.6 Å². The maximum absolute atomic E-state index is 13.7. The molecule has 8 nitrogen and oxygen atoms in total. The van der Waals surface area contributed by atoms with Gasteiger partial charge in [-0.05, 0) is 106 Å². The van der Waals surface area contributed by atoms with Crippen LogP contribution >= 0.6 is 11.6 Å². The van der Waals surface area contributed by atoms with E-state index in [1.54, 1.807) is 12.1 Å². The van der Waals surface area contributed by atoms with E-state index in [0.29, 0.717) is 64.2 Å². The minimum atomic E-state index is -0.491. The fraction of sp³-hybridized carbons (Fsp3) is 0.500. The number of anilines is 3. The highest BCUT2D eigenvalue weighted by molar-refractivity contribution is 6.31. The number of fused-ring (bicyclic) bond motifs is 5. The monoisotopic (exact) mass is 618 g/mol. The van der Waals surface area contributed by atoms with Gasteiger partial charge in [0.05, 0.1) is 22.8 Å². The van der Waals surface area contributed by atoms with Crippen LogP contribution in [0.15, 0.2) is 48.8 Å². The number of allylic oxidation sites excluding steroid dienone is 1. The number of hydrogen-bond donors (Lipinski definition) is 2. The molecule has 3 saturated heterocycles. The molecule has 3 aliphatic heterocycles. The van der Waals surface area contributed by atoms with Crippen molar-refractivity contribution in [3.05, 3.63) is 59.7 Å². The van der Waals surface area contributed by atoms with Crippen LogP contribution in [0.25, 0.3) is 10.9 Å². The third kappa shape index (κ3) is 6.14. The summed E-state index contributed by atoms with van der Waals surface area (Å²) in [6.07, 6.45) is 10.9. The van der Waals surface area contributed by atoms with Crippen LogP contribution < -0.4 is 15.4 Å². The molecule has 2 N–H and O–H groups in total. The number of nitrogens with one attached hydrogen (secondary N) is 2. The maximum Gasteiger partial charge on any atom is 0.248 e. The molecule has 1 aromatic heterocycles. The van der Waals surface area contributed by atoms with Crippen LogP contribution in [0.5, 0.6) is 5.75 Å². The van der Waals surface area contributed by atoms with Crippen molar-refractivity contribution in [3.8, 4) is 5.75 Å². The molecular weight excluding hydrogens is 579 g/mol. The van der Waals surface area contributed by atoms with Crippen LogP contribution in [-0.4, -0.2) is 72.1 Å². The molecule has 3 aromatic rings. The zero-order valence-corrected chi connectivity index (χ0v) is 26.1. The average Bonchev–Trinajstić information content (AvgIpc) is 3.46. The smallest absolute Gasteiger partial charge is 0.248 e. The van der Waals surface area contributed by atoms with Gasteiger partial charge in [-0.2, -0.15) is 0 Å². The molecule has 0 radical (unpaired) electrons. The Labute approximate surface area is 263 Å². The highest BCUT2D eigenvalue weighted by Gasteiger charge is 2.54. The van der Waals surface area contributed by atoms with Crippen LogP contribution in [0.1, 0.15) is 32.1 Å². The fourth-order valence-corrected chi connectivity index (χ4v) is 8.16. The molecule has 44 heavy (non-hydrogen) atoms. The molecule has 232 valence electrons. The van der Waals surface area contributed by atoms with Gasteiger partial charge >= 0.3 is 0 Å². The number of likely N-dealkylation sites (tertiary alicyclic amines) is 1. The largest absolute Gasteiger partial charge is 0.491 e. The summed E-state index contributed by atoms with van der Waals surface area (Å²) in [6, 6.07) is 8.80. The molecule has 6 atom stereocenters. The first-order chi connectivity index (χ1) is 21.3. The normalized spacial score (nSPS) is 28.0. The Morgan fingerprint density at radius 3 is 2.73 bits per heavy atom. The molecule has 0 spiro atoms. The molecule has 2 aliphatic carbocycles. The number of nitrogens with zero attached hydrogens (tertiary/aromatic N) is 4. The van der Waals surface area contributed by atoms with E-state index in [1.807, 2.05) is 18.2 Å². The fourth-order valence-electron chi connectivity index (χ4n) is 7.98. The van der Waals surface area contributed by atoms with Crippen molar-refractivity contribution >= 4 is 45.6 Å². The highest BCUT2D eigenvalue weighted by atomic mass is 35.5. The van der Waals surface area contributed by atoms with E-state index < -0.39 is 5.82 Å². The van der Waals surface area contributed by atoms with Gasteiger partial charge in [0.2, 0.25) is 5.91 Å². The highest BCUT2D eigenvalue weighted by Crippen LogP contribution is 2.53. The summed E-state index contributed by atoms with van der Waals surface area (Å²) in [4.78, 5) is 27.0. The lowest BCUT2D eigenvalue weighted by Gasteiger charge is -2.48. The van der Waals surface area contributed by atoms with Crippen molar-refractivity contribution < 1.29 is 13.9 Å². The van der Waals surface area contributed by atoms with E-state index in [9.17, 15) is 9.18 Å². The zero-order chi connectivity index (χ0) is 30.4. The number of halogens is 2. The SMILES string of the molecule is CN1C[C@@H]2C(CCOc3cc4ncnc(Nc5ccc(F)c(Cl)c5)c4cc3NC(=O)/C=C/CC3CC4CCC3CN4C)[C@@H]2C1. The quantitative estimate of drug-likeness (QED) is 0.256. The van der Waals surface area contributed by atoms with Gasteiger partial charge in [-0.3, -0.25) is 4.79 Å². The Morgan fingerprint density at radius 2 is 1.98 bits per heavy atom. The van der Waals surface area contributed by atoms with Gasteiger partial charge in [-0.15, -0.1) is 0 Å². The van der Waals surface area contributed by atoms with Gasteiger partial charge in [0.25, 0.3) is 0 Å². The minimum Gasteiger partial charge on any atom is -0.491 e. The van der Waals surface area contributed by atoms with Crippen LogP contribution in [0.2, 0.25) is 5.02 Å². The van der Waals surface area contributed by atoms with Gasteiger partial charge < -0.3 is 25.2 Å². The second-order valence-electron chi connectivity index (χ2n) is 13.2. The topological polar surface area (TPSA) is 82.6 Å². The molecule has 2 aromatic carbocycles. The van der Waals surface area contributed by atoms with Gasteiger partial charge in [0.1, 0.15) is 23.7 Å². The van der Waals surface area contributed by atoms with Crippen molar-refractivity contribution in [2.75, 3.05) is 51.0 Å². The number of ether oxygens (including phenoxy) is 1. The lowest BCUT2D eigenvalue weighted by molar-refractivity contribution is -0.111. The van der Waals surface area contributed by atoms with E-state index in [4.69, 9.17) is 16.3 Å². The predicted molar refractivity (Wildman–Crippen MR) is 172 cm³/mol. The standard InChI is InChI=1S/C34H40ClFN6O2/c1-41-17-26-24(27(26)18-41)10-11-44-32-15-30-25(34(38-19-37-30)39-22-7-9-29(36)28(35)13-22)14-31(32)40-33(43)5-3-4-20-12-23-8-6-21(20)16-42(23)2/h3,5,7,9,13-15,19-21,23-24,26-27H,4,6,8,10-12,16-18H2,1-2H3,(H,40,43)(H,37,38,39)/b5-3+/t20?,21?,23?,24?,26-,27+. The Balaban J connectivity index is 1.08. The molecule has 10 heteroatoms. The predicted octanol–water partition coefficient (Wildman–Crippen LogP) is 6.36. The van der Waals surface area contributed by atoms with Crippen LogP contribution in [-0.2, 0) is 4.79 Å². The number of carbonyl (C=O) groups excluding carboxylic acids is 1. The summed E-state index contributed by atoms with van der Waals surface area (Å²) < 4.78 is 20.1. The number of aromatic nitrogens is 2. The van der Waals surface area contributed by atoms with Crippen molar-refractivity contribution in [2.24, 2.45) is 29.6 Å². The summed E-state index contributed by atoms with van der Waals surface area (Å²) >= 11 is 6.01. The number of carbonyl (C=O) groups is 1. The molecule has 8 rings (SSSR count). The minimum absolute atomic E-state index is 0.0170. The molecule has 5 aliphatic rings. The summed E-state index contributed by atoms with van der Waals surface area (Å²) in [7, 11) is 4.42. The van der Waals surface area contributed by atoms with Crippen molar-refractivity contribution in [3.63, 3.8) is 0 Å². The number of piperidine rings is 3. The second-order valence-corrected chi connectivity index (χ2v) is 13.7. The van der Waals surface area contributed by atoms with E-state index in [2.05, 4.69) is 44.5 Å². The first-order valence-electron chi connectivity index (χ1n) is 15.8. The number of rotatable bonds is 10. The first-order valence-corrected chi connectivity index (χ1v) is 16.2. The summed E-state index contributed by atoms with van der Waals surface area (Å²) in [5.74, 6) is 4.05. The molecule has 4 unspecified atom stereocenters. The number of amides is 1. The second kappa shape index (κ2) is 12.3. The van der Waals surface area contributed by atoms with Crippen LogP contribution in [0, 0.1) is 35.4 Å². The Morgan fingerprint density at radius 1 is 1.14 bits per heavy atom. The Bertz CT molecular complexity index is 1570. The molecule has 4 heterocycles. The third-order valence-electron chi connectivity index (χ3n) is 10.4. The van der Waals surface area contributed by atoms with Crippen molar-refractivity contribution in [2.45, 2.75) is 38.1 Å². The number of hydrogen-bond acceptors (Lipinski definition) is 7. The average molecular weight is 619 g/mol. The summed E-state index contributed by atoms with van der Waals surface area (Å²) in [5.41, 5.74) is 1.83. The van der Waals surface area contributed by atoms with Gasteiger partial charge in [-0.25, -0.2) is 14.4 Å². The third-order valence-corrected chi connectivity index (χ3v) is 10.7. The van der Waals surface area contributed by atoms with Gasteiger partial charge in [-0.1, -0.05) is 17.7 Å². The lowest BCUT2D eigenvalue weighted by atomic mass is 9.71. The van der Waals surface area contributed by atoms with E-state index in [0.717, 1.165) is 31.2 Å². The van der Waals surface area contributed by atoms with Crippen LogP contribution in [0.3, 0.4) is 0 Å². The van der Waals surface area contributed by atoms with E-state index in [1.165, 1.54) is 50.8 Å². The summed E-state index contributed by atoms with van der Waals surface area (Å²) in [6.45, 7) is 4.08. The van der Waals surface area contributed by atoms with Gasteiger partial charge in [0.15, 0.2) is 0 Å². The van der Waals surface area contributed by atoms with Gasteiger partial charge in [0, 0.05) is 42.8 Å². The first kappa shape index (κ1) is 29.4. The zero-order valence-electron chi connectivity index (χ0n) is 25.3. The molecule has 5 fully saturated rings. The molecule has 2 saturated carbocycles. The van der Waals surface area contributed by atoms with E-state index in [-0.39, 0.29) is 10.9 Å². The summed E-state index contributed by atoms with van der Waals surface area (Å²) in [5, 5.41) is 7.00.